The van der Waals surface area contributed by atoms with Gasteiger partial charge < -0.3 is 10.1 Å². The molecule has 0 aliphatic carbocycles. The molecule has 0 aliphatic heterocycles. The molecule has 1 unspecified atom stereocenters. The minimum atomic E-state index is 0.110. The van der Waals surface area contributed by atoms with Crippen LogP contribution < -0.4 is 5.32 Å². The highest BCUT2D eigenvalue weighted by atomic mass is 16.5. The van der Waals surface area contributed by atoms with E-state index in [0.29, 0.717) is 6.61 Å². The van der Waals surface area contributed by atoms with E-state index >= 15 is 0 Å². The molecule has 2 heteroatoms. The van der Waals surface area contributed by atoms with E-state index < -0.39 is 0 Å². The van der Waals surface area contributed by atoms with Crippen LogP contribution >= 0.6 is 0 Å². The van der Waals surface area contributed by atoms with E-state index in [-0.39, 0.29) is 6.04 Å². The summed E-state index contributed by atoms with van der Waals surface area (Å²) in [4.78, 5) is 0. The average Bonchev–Trinajstić information content (AvgIpc) is 2.48. The predicted octanol–water partition coefficient (Wildman–Crippen LogP) is 3.47. The van der Waals surface area contributed by atoms with Crippen molar-refractivity contribution in [1.29, 1.82) is 0 Å². The van der Waals surface area contributed by atoms with Crippen LogP contribution in [0.4, 0.5) is 5.69 Å². The standard InChI is InChI=1S/C17H17NO/c1-3-14-8-7-11-16(12-14)18-17(13-19-2)15-9-5-4-6-10-15/h1,4-12,17-18H,13H2,2H3. The molecule has 0 bridgehead atoms. The average molecular weight is 251 g/mol. The van der Waals surface area contributed by atoms with Gasteiger partial charge in [-0.2, -0.15) is 0 Å². The molecule has 1 N–H and O–H groups in total. The summed E-state index contributed by atoms with van der Waals surface area (Å²) in [6.45, 7) is 0.601. The predicted molar refractivity (Wildman–Crippen MR) is 79.1 cm³/mol. The van der Waals surface area contributed by atoms with Gasteiger partial charge >= 0.3 is 0 Å². The van der Waals surface area contributed by atoms with Crippen LogP contribution in [0.1, 0.15) is 17.2 Å². The smallest absolute Gasteiger partial charge is 0.0747 e. The molecule has 2 aromatic rings. The van der Waals surface area contributed by atoms with Crippen LogP contribution in [0.5, 0.6) is 0 Å². The van der Waals surface area contributed by atoms with Gasteiger partial charge in [0.25, 0.3) is 0 Å². The summed E-state index contributed by atoms with van der Waals surface area (Å²) < 4.78 is 5.28. The number of rotatable bonds is 5. The fraction of sp³-hybridized carbons (Fsp3) is 0.176. The SMILES string of the molecule is C#Cc1cccc(NC(COC)c2ccccc2)c1. The first kappa shape index (κ1) is 13.2. The highest BCUT2D eigenvalue weighted by Gasteiger charge is 2.10. The Morgan fingerprint density at radius 1 is 1.16 bits per heavy atom. The Kier molecular flexibility index (Phi) is 4.60. The third-order valence-corrected chi connectivity index (χ3v) is 2.91. The molecule has 19 heavy (non-hydrogen) atoms. The Bertz CT molecular complexity index is 557. The van der Waals surface area contributed by atoms with Crippen molar-refractivity contribution in [2.75, 3.05) is 19.0 Å². The van der Waals surface area contributed by atoms with E-state index in [1.54, 1.807) is 7.11 Å². The number of hydrogen-bond acceptors (Lipinski definition) is 2. The van der Waals surface area contributed by atoms with Gasteiger partial charge in [-0.3, -0.25) is 0 Å². The zero-order chi connectivity index (χ0) is 13.5. The fourth-order valence-electron chi connectivity index (χ4n) is 1.97. The minimum Gasteiger partial charge on any atom is -0.382 e. The zero-order valence-corrected chi connectivity index (χ0v) is 11.0. The van der Waals surface area contributed by atoms with Crippen LogP contribution in [0.2, 0.25) is 0 Å². The van der Waals surface area contributed by atoms with Gasteiger partial charge in [0.2, 0.25) is 0 Å². The molecule has 0 saturated heterocycles. The van der Waals surface area contributed by atoms with Gasteiger partial charge in [0.1, 0.15) is 0 Å². The van der Waals surface area contributed by atoms with Gasteiger partial charge in [-0.05, 0) is 23.8 Å². The minimum absolute atomic E-state index is 0.110. The lowest BCUT2D eigenvalue weighted by atomic mass is 10.1. The first-order valence-corrected chi connectivity index (χ1v) is 6.20. The Morgan fingerprint density at radius 2 is 1.95 bits per heavy atom. The van der Waals surface area contributed by atoms with Gasteiger partial charge in [-0.1, -0.05) is 42.3 Å². The monoisotopic (exact) mass is 251 g/mol. The largest absolute Gasteiger partial charge is 0.382 e. The van der Waals surface area contributed by atoms with Crippen LogP contribution in [-0.2, 0) is 4.74 Å². The number of nitrogens with one attached hydrogen (secondary N) is 1. The molecule has 2 nitrogen and oxygen atoms in total. The summed E-state index contributed by atoms with van der Waals surface area (Å²) in [5.41, 5.74) is 3.06. The van der Waals surface area contributed by atoms with Crippen LogP contribution in [0, 0.1) is 12.3 Å². The molecular formula is C17H17NO. The Morgan fingerprint density at radius 3 is 2.63 bits per heavy atom. The van der Waals surface area contributed by atoms with Crippen LogP contribution in [0.15, 0.2) is 54.6 Å². The van der Waals surface area contributed by atoms with E-state index in [1.807, 2.05) is 42.5 Å². The maximum Gasteiger partial charge on any atom is 0.0747 e. The normalized spacial score (nSPS) is 11.6. The Balaban J connectivity index is 2.19. The first-order chi connectivity index (χ1) is 9.33. The molecule has 2 rings (SSSR count). The van der Waals surface area contributed by atoms with Crippen molar-refractivity contribution in [1.82, 2.24) is 0 Å². The molecule has 0 amide bonds. The van der Waals surface area contributed by atoms with Gasteiger partial charge in [0.15, 0.2) is 0 Å². The topological polar surface area (TPSA) is 21.3 Å². The molecule has 1 atom stereocenters. The number of anilines is 1. The number of methoxy groups -OCH3 is 1. The highest BCUT2D eigenvalue weighted by Crippen LogP contribution is 2.20. The van der Waals surface area contributed by atoms with Crippen molar-refractivity contribution in [3.8, 4) is 12.3 Å². The van der Waals surface area contributed by atoms with E-state index in [9.17, 15) is 0 Å². The van der Waals surface area contributed by atoms with Gasteiger partial charge in [0.05, 0.1) is 12.6 Å². The van der Waals surface area contributed by atoms with Crippen LogP contribution in [-0.4, -0.2) is 13.7 Å². The van der Waals surface area contributed by atoms with E-state index in [2.05, 4.69) is 23.4 Å². The molecule has 0 fully saturated rings. The first-order valence-electron chi connectivity index (χ1n) is 6.20. The van der Waals surface area contributed by atoms with Gasteiger partial charge in [-0.25, -0.2) is 0 Å². The lowest BCUT2D eigenvalue weighted by Gasteiger charge is -2.19. The number of terminal acetylenes is 1. The zero-order valence-electron chi connectivity index (χ0n) is 11.0. The molecule has 0 heterocycles. The van der Waals surface area contributed by atoms with E-state index in [1.165, 1.54) is 5.56 Å². The summed E-state index contributed by atoms with van der Waals surface area (Å²) in [7, 11) is 1.70. The van der Waals surface area contributed by atoms with Crippen molar-refractivity contribution in [3.05, 3.63) is 65.7 Å². The van der Waals surface area contributed by atoms with Gasteiger partial charge in [0, 0.05) is 18.4 Å². The lowest BCUT2D eigenvalue weighted by molar-refractivity contribution is 0.186. The summed E-state index contributed by atoms with van der Waals surface area (Å²) >= 11 is 0. The maximum absolute atomic E-state index is 5.42. The maximum atomic E-state index is 5.42. The number of benzene rings is 2. The third kappa shape index (κ3) is 3.61. The number of hydrogen-bond donors (Lipinski definition) is 1. The molecule has 0 aliphatic rings. The van der Waals surface area contributed by atoms with Crippen LogP contribution in [0.25, 0.3) is 0 Å². The summed E-state index contributed by atoms with van der Waals surface area (Å²) in [6.07, 6.45) is 5.42. The Labute approximate surface area is 114 Å². The summed E-state index contributed by atoms with van der Waals surface area (Å²) in [5.74, 6) is 2.64. The van der Waals surface area contributed by atoms with Crippen molar-refractivity contribution >= 4 is 5.69 Å². The van der Waals surface area contributed by atoms with Crippen molar-refractivity contribution < 1.29 is 4.74 Å². The second kappa shape index (κ2) is 6.63. The molecule has 2 aromatic carbocycles. The Hall–Kier alpha value is -2.24. The highest BCUT2D eigenvalue weighted by molar-refractivity contribution is 5.51. The quantitative estimate of drug-likeness (QED) is 0.822. The van der Waals surface area contributed by atoms with Crippen LogP contribution in [0.3, 0.4) is 0 Å². The van der Waals surface area contributed by atoms with Crippen molar-refractivity contribution in [2.24, 2.45) is 0 Å². The number of ether oxygens (including phenoxy) is 1. The molecule has 96 valence electrons. The summed E-state index contributed by atoms with van der Waals surface area (Å²) in [6, 6.07) is 18.2. The van der Waals surface area contributed by atoms with Gasteiger partial charge in [-0.15, -0.1) is 6.42 Å². The second-order valence-electron chi connectivity index (χ2n) is 4.29. The van der Waals surface area contributed by atoms with Crippen molar-refractivity contribution in [3.63, 3.8) is 0 Å². The molecule has 0 spiro atoms. The molecule has 0 radical (unpaired) electrons. The third-order valence-electron chi connectivity index (χ3n) is 2.91. The van der Waals surface area contributed by atoms with E-state index in [4.69, 9.17) is 11.2 Å². The lowest BCUT2D eigenvalue weighted by Crippen LogP contribution is -2.16. The van der Waals surface area contributed by atoms with Crippen molar-refractivity contribution in [2.45, 2.75) is 6.04 Å². The van der Waals surface area contributed by atoms with E-state index in [0.717, 1.165) is 11.3 Å². The molecular weight excluding hydrogens is 234 g/mol. The second-order valence-corrected chi connectivity index (χ2v) is 4.29. The summed E-state index contributed by atoms with van der Waals surface area (Å²) in [5, 5.41) is 3.45. The fourth-order valence-corrected chi connectivity index (χ4v) is 1.97. The molecule has 0 saturated carbocycles. The molecule has 0 aromatic heterocycles.